The van der Waals surface area contributed by atoms with Crippen LogP contribution in [-0.4, -0.2) is 55.0 Å². The molecule has 0 aliphatic carbocycles. The monoisotopic (exact) mass is 275 g/mol. The van der Waals surface area contributed by atoms with Gasteiger partial charge in [-0.2, -0.15) is 0 Å². The zero-order valence-corrected chi connectivity index (χ0v) is 12.7. The quantitative estimate of drug-likeness (QED) is 0.893. The summed E-state index contributed by atoms with van der Waals surface area (Å²) in [4.78, 5) is 16.8. The Balaban J connectivity index is 2.09. The normalized spacial score (nSPS) is 20.2. The van der Waals surface area contributed by atoms with Crippen LogP contribution < -0.4 is 5.73 Å². The number of carbonyl (C=O) groups excluding carboxylic acids is 1. The summed E-state index contributed by atoms with van der Waals surface area (Å²) in [5.41, 5.74) is 9.33. The minimum absolute atomic E-state index is 0.145. The molecule has 1 aromatic rings. The SMILES string of the molecule is Cc1ccc(C)c(CC(=O)N2CCN(C)C[C@H]2CN)c1. The fraction of sp³-hybridized carbons (Fsp3) is 0.562. The molecule has 2 N–H and O–H groups in total. The summed E-state index contributed by atoms with van der Waals surface area (Å²) in [5, 5.41) is 0. The molecule has 0 spiro atoms. The summed E-state index contributed by atoms with van der Waals surface area (Å²) in [6.07, 6.45) is 0.480. The van der Waals surface area contributed by atoms with Gasteiger partial charge in [-0.15, -0.1) is 0 Å². The second kappa shape index (κ2) is 6.37. The van der Waals surface area contributed by atoms with Gasteiger partial charge in [0, 0.05) is 26.2 Å². The lowest BCUT2D eigenvalue weighted by atomic mass is 10.0. The Morgan fingerprint density at radius 3 is 2.80 bits per heavy atom. The molecule has 0 saturated carbocycles. The average Bonchev–Trinajstić information content (AvgIpc) is 2.42. The van der Waals surface area contributed by atoms with E-state index in [9.17, 15) is 4.79 Å². The maximum Gasteiger partial charge on any atom is 0.227 e. The Hall–Kier alpha value is -1.39. The highest BCUT2D eigenvalue weighted by Crippen LogP contribution is 2.15. The third kappa shape index (κ3) is 3.38. The van der Waals surface area contributed by atoms with E-state index in [0.29, 0.717) is 13.0 Å². The number of piperazine rings is 1. The first-order valence-corrected chi connectivity index (χ1v) is 7.25. The lowest BCUT2D eigenvalue weighted by molar-refractivity contribution is -0.134. The number of aryl methyl sites for hydroxylation is 2. The van der Waals surface area contributed by atoms with Crippen molar-refractivity contribution in [1.82, 2.24) is 9.80 Å². The molecule has 1 atom stereocenters. The summed E-state index contributed by atoms with van der Waals surface area (Å²) in [6.45, 7) is 7.23. The van der Waals surface area contributed by atoms with Crippen LogP contribution in [0.4, 0.5) is 0 Å². The number of nitrogens with zero attached hydrogens (tertiary/aromatic N) is 2. The van der Waals surface area contributed by atoms with Crippen LogP contribution in [0.3, 0.4) is 0 Å². The second-order valence-electron chi connectivity index (χ2n) is 5.85. The molecule has 1 aliphatic heterocycles. The van der Waals surface area contributed by atoms with Gasteiger partial charge in [0.15, 0.2) is 0 Å². The van der Waals surface area contributed by atoms with Gasteiger partial charge in [0.05, 0.1) is 12.5 Å². The third-order valence-corrected chi connectivity index (χ3v) is 4.12. The topological polar surface area (TPSA) is 49.6 Å². The first-order valence-electron chi connectivity index (χ1n) is 7.25. The van der Waals surface area contributed by atoms with Crippen LogP contribution in [0.5, 0.6) is 0 Å². The highest BCUT2D eigenvalue weighted by molar-refractivity contribution is 5.79. The zero-order valence-electron chi connectivity index (χ0n) is 12.7. The van der Waals surface area contributed by atoms with Crippen LogP contribution in [0.2, 0.25) is 0 Å². The van der Waals surface area contributed by atoms with Gasteiger partial charge in [-0.05, 0) is 32.0 Å². The van der Waals surface area contributed by atoms with Gasteiger partial charge in [0.25, 0.3) is 0 Å². The van der Waals surface area contributed by atoms with Gasteiger partial charge in [-0.25, -0.2) is 0 Å². The van der Waals surface area contributed by atoms with Crippen LogP contribution >= 0.6 is 0 Å². The number of rotatable bonds is 3. The van der Waals surface area contributed by atoms with E-state index in [1.807, 2.05) is 4.90 Å². The number of nitrogens with two attached hydrogens (primary N) is 1. The van der Waals surface area contributed by atoms with Gasteiger partial charge in [0.1, 0.15) is 0 Å². The summed E-state index contributed by atoms with van der Waals surface area (Å²) >= 11 is 0. The van der Waals surface area contributed by atoms with Crippen molar-refractivity contribution in [2.75, 3.05) is 33.2 Å². The molecule has 2 rings (SSSR count). The van der Waals surface area contributed by atoms with Crippen molar-refractivity contribution in [1.29, 1.82) is 0 Å². The van der Waals surface area contributed by atoms with E-state index in [4.69, 9.17) is 5.73 Å². The van der Waals surface area contributed by atoms with Crippen molar-refractivity contribution in [3.05, 3.63) is 34.9 Å². The van der Waals surface area contributed by atoms with E-state index in [1.165, 1.54) is 11.1 Å². The highest BCUT2D eigenvalue weighted by Gasteiger charge is 2.27. The molecule has 1 aliphatic rings. The van der Waals surface area contributed by atoms with E-state index < -0.39 is 0 Å². The molecule has 20 heavy (non-hydrogen) atoms. The van der Waals surface area contributed by atoms with Gasteiger partial charge in [-0.1, -0.05) is 23.8 Å². The third-order valence-electron chi connectivity index (χ3n) is 4.12. The molecule has 0 unspecified atom stereocenters. The first kappa shape index (κ1) is 15.0. The summed E-state index contributed by atoms with van der Waals surface area (Å²) < 4.78 is 0. The molecule has 0 radical (unpaired) electrons. The molecular formula is C16H25N3O. The maximum absolute atomic E-state index is 12.6. The van der Waals surface area contributed by atoms with E-state index in [1.54, 1.807) is 0 Å². The molecule has 1 saturated heterocycles. The number of hydrogen-bond acceptors (Lipinski definition) is 3. The molecule has 4 heteroatoms. The van der Waals surface area contributed by atoms with Crippen molar-refractivity contribution >= 4 is 5.91 Å². The van der Waals surface area contributed by atoms with Crippen LogP contribution in [0.1, 0.15) is 16.7 Å². The molecule has 4 nitrogen and oxygen atoms in total. The fourth-order valence-electron chi connectivity index (χ4n) is 2.80. The average molecular weight is 275 g/mol. The number of hydrogen-bond donors (Lipinski definition) is 1. The lowest BCUT2D eigenvalue weighted by Gasteiger charge is -2.39. The molecule has 1 fully saturated rings. The zero-order chi connectivity index (χ0) is 14.7. The molecule has 1 aromatic carbocycles. The van der Waals surface area contributed by atoms with E-state index in [0.717, 1.165) is 25.2 Å². The molecular weight excluding hydrogens is 250 g/mol. The van der Waals surface area contributed by atoms with E-state index in [2.05, 4.69) is 44.0 Å². The van der Waals surface area contributed by atoms with Crippen molar-refractivity contribution in [3.8, 4) is 0 Å². The lowest BCUT2D eigenvalue weighted by Crippen LogP contribution is -2.57. The minimum atomic E-state index is 0.145. The van der Waals surface area contributed by atoms with Crippen LogP contribution in [-0.2, 0) is 11.2 Å². The van der Waals surface area contributed by atoms with Crippen molar-refractivity contribution < 1.29 is 4.79 Å². The molecule has 1 heterocycles. The summed E-state index contributed by atoms with van der Waals surface area (Å²) in [6, 6.07) is 6.43. The Kier molecular flexibility index (Phi) is 4.78. The number of benzene rings is 1. The van der Waals surface area contributed by atoms with Crippen LogP contribution in [0.25, 0.3) is 0 Å². The Bertz CT molecular complexity index is 487. The van der Waals surface area contributed by atoms with E-state index in [-0.39, 0.29) is 11.9 Å². The molecule has 110 valence electrons. The molecule has 0 bridgehead atoms. The Morgan fingerprint density at radius 2 is 2.10 bits per heavy atom. The van der Waals surface area contributed by atoms with Gasteiger partial charge in [0.2, 0.25) is 5.91 Å². The van der Waals surface area contributed by atoms with Crippen molar-refractivity contribution in [2.24, 2.45) is 5.73 Å². The Morgan fingerprint density at radius 1 is 1.35 bits per heavy atom. The fourth-order valence-corrected chi connectivity index (χ4v) is 2.80. The molecule has 0 aromatic heterocycles. The number of amides is 1. The standard InChI is InChI=1S/C16H25N3O/c1-12-4-5-13(2)14(8-12)9-16(20)19-7-6-18(3)11-15(19)10-17/h4-5,8,15H,6-7,9-11,17H2,1-3H3/t15-/m1/s1. The van der Waals surface area contributed by atoms with Crippen LogP contribution in [0, 0.1) is 13.8 Å². The van der Waals surface area contributed by atoms with Gasteiger partial charge in [-0.3, -0.25) is 4.79 Å². The molecule has 1 amide bonds. The summed E-state index contributed by atoms with van der Waals surface area (Å²) in [7, 11) is 2.08. The van der Waals surface area contributed by atoms with Gasteiger partial charge >= 0.3 is 0 Å². The largest absolute Gasteiger partial charge is 0.336 e. The number of carbonyl (C=O) groups is 1. The maximum atomic E-state index is 12.6. The smallest absolute Gasteiger partial charge is 0.227 e. The minimum Gasteiger partial charge on any atom is -0.336 e. The predicted octanol–water partition coefficient (Wildman–Crippen LogP) is 0.947. The number of likely N-dealkylation sites (N-methyl/N-ethyl adjacent to an activating group) is 1. The Labute approximate surface area is 121 Å². The van der Waals surface area contributed by atoms with Crippen LogP contribution in [0.15, 0.2) is 18.2 Å². The van der Waals surface area contributed by atoms with Crippen molar-refractivity contribution in [3.63, 3.8) is 0 Å². The predicted molar refractivity (Wildman–Crippen MR) is 81.7 cm³/mol. The van der Waals surface area contributed by atoms with E-state index >= 15 is 0 Å². The van der Waals surface area contributed by atoms with Gasteiger partial charge < -0.3 is 15.5 Å². The second-order valence-corrected chi connectivity index (χ2v) is 5.85. The van der Waals surface area contributed by atoms with Crippen molar-refractivity contribution in [2.45, 2.75) is 26.3 Å². The first-order chi connectivity index (χ1) is 9.51. The highest BCUT2D eigenvalue weighted by atomic mass is 16.2. The summed E-state index contributed by atoms with van der Waals surface area (Å²) in [5.74, 6) is 0.197.